The summed E-state index contributed by atoms with van der Waals surface area (Å²) >= 11 is 5.85. The van der Waals surface area contributed by atoms with Gasteiger partial charge in [-0.05, 0) is 25.0 Å². The van der Waals surface area contributed by atoms with Crippen LogP contribution in [-0.4, -0.2) is 15.0 Å². The van der Waals surface area contributed by atoms with Crippen molar-refractivity contribution in [1.29, 1.82) is 0 Å². The van der Waals surface area contributed by atoms with Crippen molar-refractivity contribution in [2.75, 3.05) is 0 Å². The molecule has 0 aromatic carbocycles. The van der Waals surface area contributed by atoms with Gasteiger partial charge < -0.3 is 0 Å². The maximum absolute atomic E-state index is 5.85. The molecule has 0 radical (unpaired) electrons. The van der Waals surface area contributed by atoms with Crippen LogP contribution in [0.2, 0.25) is 5.15 Å². The Balaban J connectivity index is 2.32. The Morgan fingerprint density at radius 1 is 1.21 bits per heavy atom. The second-order valence-electron chi connectivity index (χ2n) is 3.53. The van der Waals surface area contributed by atoms with E-state index in [1.54, 1.807) is 12.4 Å². The third-order valence-electron chi connectivity index (χ3n) is 2.44. The fourth-order valence-corrected chi connectivity index (χ4v) is 1.74. The Morgan fingerprint density at radius 3 is 2.86 bits per heavy atom. The molecule has 2 heterocycles. The first-order valence-corrected chi connectivity index (χ1v) is 4.99. The lowest BCUT2D eigenvalue weighted by Crippen LogP contribution is -1.93. The van der Waals surface area contributed by atoms with E-state index in [2.05, 4.69) is 15.0 Å². The largest absolute Gasteiger partial charge is 0.239 e. The number of nitrogens with zero attached hydrogens (tertiary/aromatic N) is 3. The molecule has 70 valence electrons. The van der Waals surface area contributed by atoms with Crippen molar-refractivity contribution in [3.63, 3.8) is 0 Å². The van der Waals surface area contributed by atoms with Crippen LogP contribution in [0.25, 0.3) is 11.0 Å². The van der Waals surface area contributed by atoms with Crippen molar-refractivity contribution >= 4 is 22.6 Å². The Bertz CT molecular complexity index is 494. The highest BCUT2D eigenvalue weighted by molar-refractivity contribution is 6.29. The van der Waals surface area contributed by atoms with E-state index >= 15 is 0 Å². The van der Waals surface area contributed by atoms with Gasteiger partial charge in [0.1, 0.15) is 17.0 Å². The van der Waals surface area contributed by atoms with E-state index in [-0.39, 0.29) is 0 Å². The topological polar surface area (TPSA) is 38.7 Å². The highest BCUT2D eigenvalue weighted by Crippen LogP contribution is 2.41. The summed E-state index contributed by atoms with van der Waals surface area (Å²) in [5.74, 6) is 0.575. The lowest BCUT2D eigenvalue weighted by Gasteiger charge is -2.01. The first kappa shape index (κ1) is 8.12. The molecule has 0 aliphatic heterocycles. The zero-order valence-electron chi connectivity index (χ0n) is 7.44. The highest BCUT2D eigenvalue weighted by Gasteiger charge is 2.27. The van der Waals surface area contributed by atoms with Gasteiger partial charge in [0.2, 0.25) is 0 Å². The van der Waals surface area contributed by atoms with Gasteiger partial charge in [-0.2, -0.15) is 0 Å². The average molecular weight is 206 g/mol. The Kier molecular flexibility index (Phi) is 1.67. The molecule has 0 spiro atoms. The van der Waals surface area contributed by atoms with Crippen LogP contribution in [0.15, 0.2) is 18.5 Å². The van der Waals surface area contributed by atoms with Crippen molar-refractivity contribution < 1.29 is 0 Å². The van der Waals surface area contributed by atoms with Gasteiger partial charge in [0.05, 0.1) is 11.2 Å². The Labute approximate surface area is 86.2 Å². The third kappa shape index (κ3) is 1.24. The normalized spacial score (nSPS) is 16.1. The SMILES string of the molecule is Clc1ccc2ncnc(C3CC3)c2n1. The zero-order chi connectivity index (χ0) is 9.54. The predicted octanol–water partition coefficient (Wildman–Crippen LogP) is 2.56. The van der Waals surface area contributed by atoms with E-state index in [9.17, 15) is 0 Å². The number of pyridine rings is 1. The van der Waals surface area contributed by atoms with Crippen molar-refractivity contribution in [3.05, 3.63) is 29.3 Å². The van der Waals surface area contributed by atoms with Crippen LogP contribution >= 0.6 is 11.6 Å². The van der Waals surface area contributed by atoms with E-state index in [0.717, 1.165) is 16.7 Å². The van der Waals surface area contributed by atoms with Crippen LogP contribution in [0.5, 0.6) is 0 Å². The van der Waals surface area contributed by atoms with Gasteiger partial charge in [-0.3, -0.25) is 0 Å². The van der Waals surface area contributed by atoms with Gasteiger partial charge in [-0.15, -0.1) is 0 Å². The molecular formula is C10H8ClN3. The summed E-state index contributed by atoms with van der Waals surface area (Å²) in [5, 5.41) is 0.509. The van der Waals surface area contributed by atoms with Crippen LogP contribution in [0.4, 0.5) is 0 Å². The minimum absolute atomic E-state index is 0.509. The van der Waals surface area contributed by atoms with Crippen LogP contribution in [0.1, 0.15) is 24.5 Å². The quantitative estimate of drug-likeness (QED) is 0.672. The molecule has 1 aliphatic rings. The first-order chi connectivity index (χ1) is 6.84. The van der Waals surface area contributed by atoms with E-state index < -0.39 is 0 Å². The van der Waals surface area contributed by atoms with Gasteiger partial charge in [-0.1, -0.05) is 11.6 Å². The number of aromatic nitrogens is 3. The molecule has 1 aliphatic carbocycles. The van der Waals surface area contributed by atoms with Gasteiger partial charge in [-0.25, -0.2) is 15.0 Å². The summed E-state index contributed by atoms with van der Waals surface area (Å²) in [6, 6.07) is 3.64. The first-order valence-electron chi connectivity index (χ1n) is 4.62. The Hall–Kier alpha value is -1.22. The standard InChI is InChI=1S/C10H8ClN3/c11-8-4-3-7-10(14-8)9(6-1-2-6)13-5-12-7/h3-6H,1-2H2. The lowest BCUT2D eigenvalue weighted by atomic mass is 10.2. The Morgan fingerprint density at radius 2 is 2.07 bits per heavy atom. The van der Waals surface area contributed by atoms with Gasteiger partial charge >= 0.3 is 0 Å². The monoisotopic (exact) mass is 205 g/mol. The molecule has 2 aromatic rings. The minimum atomic E-state index is 0.509. The zero-order valence-corrected chi connectivity index (χ0v) is 8.20. The van der Waals surface area contributed by atoms with Crippen molar-refractivity contribution in [3.8, 4) is 0 Å². The molecule has 1 fully saturated rings. The number of halogens is 1. The van der Waals surface area contributed by atoms with Gasteiger partial charge in [0, 0.05) is 5.92 Å². The summed E-state index contributed by atoms with van der Waals surface area (Å²) in [6.45, 7) is 0. The molecule has 1 saturated carbocycles. The van der Waals surface area contributed by atoms with Crippen molar-refractivity contribution in [2.45, 2.75) is 18.8 Å². The third-order valence-corrected chi connectivity index (χ3v) is 2.65. The molecular weight excluding hydrogens is 198 g/mol. The lowest BCUT2D eigenvalue weighted by molar-refractivity contribution is 1.01. The van der Waals surface area contributed by atoms with E-state index in [0.29, 0.717) is 11.1 Å². The molecule has 2 aromatic heterocycles. The van der Waals surface area contributed by atoms with Gasteiger partial charge in [0.15, 0.2) is 0 Å². The van der Waals surface area contributed by atoms with Crippen LogP contribution < -0.4 is 0 Å². The van der Waals surface area contributed by atoms with Crippen LogP contribution in [0, 0.1) is 0 Å². The maximum atomic E-state index is 5.85. The van der Waals surface area contributed by atoms with Crippen LogP contribution in [-0.2, 0) is 0 Å². The fraction of sp³-hybridized carbons (Fsp3) is 0.300. The van der Waals surface area contributed by atoms with Crippen molar-refractivity contribution in [1.82, 2.24) is 15.0 Å². The smallest absolute Gasteiger partial charge is 0.129 e. The number of rotatable bonds is 1. The number of fused-ring (bicyclic) bond motifs is 1. The van der Waals surface area contributed by atoms with Crippen LogP contribution in [0.3, 0.4) is 0 Å². The second kappa shape index (κ2) is 2.89. The molecule has 0 saturated heterocycles. The molecule has 0 bridgehead atoms. The van der Waals surface area contributed by atoms with Gasteiger partial charge in [0.25, 0.3) is 0 Å². The average Bonchev–Trinajstić information content (AvgIpc) is 3.00. The highest BCUT2D eigenvalue weighted by atomic mass is 35.5. The van der Waals surface area contributed by atoms with Crippen molar-refractivity contribution in [2.24, 2.45) is 0 Å². The summed E-state index contributed by atoms with van der Waals surface area (Å²) in [7, 11) is 0. The summed E-state index contributed by atoms with van der Waals surface area (Å²) in [6.07, 6.45) is 4.02. The summed E-state index contributed by atoms with van der Waals surface area (Å²) in [4.78, 5) is 12.7. The fourth-order valence-electron chi connectivity index (χ4n) is 1.59. The molecule has 4 heteroatoms. The molecule has 0 atom stereocenters. The summed E-state index contributed by atoms with van der Waals surface area (Å²) < 4.78 is 0. The molecule has 0 amide bonds. The second-order valence-corrected chi connectivity index (χ2v) is 3.92. The number of hydrogen-bond donors (Lipinski definition) is 0. The van der Waals surface area contributed by atoms with E-state index in [1.165, 1.54) is 12.8 Å². The minimum Gasteiger partial charge on any atom is -0.239 e. The number of hydrogen-bond acceptors (Lipinski definition) is 3. The maximum Gasteiger partial charge on any atom is 0.129 e. The molecule has 3 nitrogen and oxygen atoms in total. The predicted molar refractivity (Wildman–Crippen MR) is 54.3 cm³/mol. The molecule has 0 N–H and O–H groups in total. The molecule has 0 unspecified atom stereocenters. The molecule has 3 rings (SSSR count). The van der Waals surface area contributed by atoms with E-state index in [1.807, 2.05) is 6.07 Å². The molecule has 14 heavy (non-hydrogen) atoms. The summed E-state index contributed by atoms with van der Waals surface area (Å²) in [5.41, 5.74) is 2.80. The van der Waals surface area contributed by atoms with E-state index in [4.69, 9.17) is 11.6 Å².